The zero-order valence-corrected chi connectivity index (χ0v) is 20.5. The van der Waals surface area contributed by atoms with Crippen LogP contribution in [-0.4, -0.2) is 65.9 Å². The van der Waals surface area contributed by atoms with Crippen LogP contribution in [0.2, 0.25) is 0 Å². The van der Waals surface area contributed by atoms with Crippen molar-refractivity contribution in [2.24, 2.45) is 4.99 Å². The first-order chi connectivity index (χ1) is 15.7. The van der Waals surface area contributed by atoms with E-state index < -0.39 is 5.54 Å². The molecule has 1 aromatic heterocycles. The maximum Gasteiger partial charge on any atom is 2.00 e. The number of hydrogen-bond donors (Lipinski definition) is 1. The molecule has 1 fully saturated rings. The van der Waals surface area contributed by atoms with Gasteiger partial charge < -0.3 is 2.85 Å². The van der Waals surface area contributed by atoms with Crippen molar-refractivity contribution in [2.45, 2.75) is 64.0 Å². The molecule has 1 aliphatic carbocycles. The minimum atomic E-state index is -0.480. The van der Waals surface area contributed by atoms with Crippen molar-refractivity contribution in [3.63, 3.8) is 0 Å². The van der Waals surface area contributed by atoms with E-state index in [4.69, 9.17) is 4.99 Å². The fourth-order valence-electron chi connectivity index (χ4n) is 4.88. The van der Waals surface area contributed by atoms with Crippen LogP contribution in [0.15, 0.2) is 53.5 Å². The Kier molecular flexibility index (Phi) is 7.24. The number of nitrogens with one attached hydrogen (secondary N) is 1. The normalized spacial score (nSPS) is 16.8. The van der Waals surface area contributed by atoms with Crippen LogP contribution in [0.1, 0.15) is 60.3 Å². The van der Waals surface area contributed by atoms with Crippen LogP contribution in [0.3, 0.4) is 0 Å². The molecule has 1 amide bonds. The van der Waals surface area contributed by atoms with E-state index >= 15 is 0 Å². The Morgan fingerprint density at radius 1 is 1.06 bits per heavy atom. The minimum absolute atomic E-state index is 0. The number of aliphatic imine (C=N–C) groups is 1. The van der Waals surface area contributed by atoms with E-state index in [-0.39, 0.29) is 31.8 Å². The number of carbonyl (C=O) groups excluding carboxylic acids is 1. The van der Waals surface area contributed by atoms with Gasteiger partial charge in [-0.2, -0.15) is 5.21 Å². The Balaban J connectivity index is 0.00000144. The van der Waals surface area contributed by atoms with Crippen molar-refractivity contribution in [2.75, 3.05) is 0 Å². The Morgan fingerprint density at radius 2 is 1.79 bits per heavy atom. The summed E-state index contributed by atoms with van der Waals surface area (Å²) in [6.45, 7) is 2.76. The number of carbonyl (C=O) groups is 1. The summed E-state index contributed by atoms with van der Waals surface area (Å²) < 4.78 is 0. The van der Waals surface area contributed by atoms with Crippen molar-refractivity contribution in [3.05, 3.63) is 54.1 Å². The third kappa shape index (κ3) is 4.59. The number of tetrazole rings is 1. The smallest absolute Gasteiger partial charge is 1.00 e. The van der Waals surface area contributed by atoms with Gasteiger partial charge in [-0.1, -0.05) is 74.7 Å². The maximum atomic E-state index is 13.4. The molecule has 168 valence electrons. The number of rotatable bonds is 7. The van der Waals surface area contributed by atoms with Gasteiger partial charge in [0.2, 0.25) is 5.82 Å². The van der Waals surface area contributed by atoms with Crippen molar-refractivity contribution in [3.8, 4) is 22.5 Å². The van der Waals surface area contributed by atoms with Gasteiger partial charge in [-0.3, -0.25) is 14.7 Å². The number of H-pyrrole nitrogens is 1. The number of unbranched alkanes of at least 4 members (excludes halogenated alkanes) is 1. The molecule has 7 nitrogen and oxygen atoms in total. The van der Waals surface area contributed by atoms with Gasteiger partial charge in [-0.15, -0.1) is 10.2 Å². The second kappa shape index (κ2) is 10.1. The Labute approximate surface area is 213 Å². The molecule has 0 saturated heterocycles. The van der Waals surface area contributed by atoms with E-state index in [1.54, 1.807) is 0 Å². The molecule has 2 aromatic carbocycles. The van der Waals surface area contributed by atoms with Gasteiger partial charge in [-0.05, 0) is 41.2 Å². The largest absolute Gasteiger partial charge is 2.00 e. The fraction of sp³-hybridized carbons (Fsp3) is 0.400. The summed E-state index contributed by atoms with van der Waals surface area (Å²) in [5.41, 5.74) is 3.69. The molecule has 1 aliphatic heterocycles. The number of nitrogens with zero attached hydrogens (tertiary/aromatic N) is 5. The number of amidine groups is 1. The van der Waals surface area contributed by atoms with Crippen LogP contribution in [0.5, 0.6) is 0 Å². The van der Waals surface area contributed by atoms with Gasteiger partial charge in [0.25, 0.3) is 5.91 Å². The van der Waals surface area contributed by atoms with Gasteiger partial charge in [0.1, 0.15) is 11.4 Å². The Morgan fingerprint density at radius 3 is 2.45 bits per heavy atom. The first-order valence-electron chi connectivity index (χ1n) is 11.5. The standard InChI is InChI=1S/C25H28N6O.Mg.2H/c1-2-3-10-22-26-25(15-6-7-16-25)24(32)31(22)17-18-11-13-19(14-12-18)20-8-4-5-9-21(20)23-27-29-30-28-23;;;/h4-5,8-9,11-14H,2-3,6-7,10,15-17H2,1H3,(H,27,28,29,30);;;/q;+2;2*-1. The van der Waals surface area contributed by atoms with Crippen molar-refractivity contribution < 1.29 is 7.65 Å². The van der Waals surface area contributed by atoms with Crippen molar-refractivity contribution in [1.82, 2.24) is 25.5 Å². The molecule has 2 heterocycles. The molecular formula is C25H30MgN6O. The average molecular weight is 455 g/mol. The Bertz CT molecular complexity index is 1130. The number of amides is 1. The summed E-state index contributed by atoms with van der Waals surface area (Å²) in [6.07, 6.45) is 7.01. The van der Waals surface area contributed by atoms with Crippen LogP contribution in [0, 0.1) is 0 Å². The monoisotopic (exact) mass is 454 g/mol. The first-order valence-corrected chi connectivity index (χ1v) is 11.5. The molecule has 0 radical (unpaired) electrons. The first kappa shape index (κ1) is 23.6. The second-order valence-electron chi connectivity index (χ2n) is 8.74. The number of aromatic amines is 1. The molecule has 0 atom stereocenters. The molecule has 8 heteroatoms. The van der Waals surface area contributed by atoms with E-state index in [0.29, 0.717) is 12.4 Å². The molecule has 1 saturated carbocycles. The molecule has 33 heavy (non-hydrogen) atoms. The van der Waals surface area contributed by atoms with Gasteiger partial charge in [0, 0.05) is 12.0 Å². The van der Waals surface area contributed by atoms with Gasteiger partial charge in [0.15, 0.2) is 0 Å². The molecule has 3 aromatic rings. The molecule has 0 unspecified atom stereocenters. The van der Waals surface area contributed by atoms with E-state index in [0.717, 1.165) is 73.0 Å². The zero-order chi connectivity index (χ0) is 22.0. The van der Waals surface area contributed by atoms with Gasteiger partial charge in [0.05, 0.1) is 6.54 Å². The quantitative estimate of drug-likeness (QED) is 0.527. The molecule has 1 N–H and O–H groups in total. The average Bonchev–Trinajstić information content (AvgIpc) is 3.58. The topological polar surface area (TPSA) is 87.1 Å². The summed E-state index contributed by atoms with van der Waals surface area (Å²) in [6, 6.07) is 16.4. The number of aromatic nitrogens is 4. The predicted molar refractivity (Wildman–Crippen MR) is 132 cm³/mol. The van der Waals surface area contributed by atoms with Gasteiger partial charge >= 0.3 is 23.1 Å². The summed E-state index contributed by atoms with van der Waals surface area (Å²) in [7, 11) is 0. The number of benzene rings is 2. The fourth-order valence-corrected chi connectivity index (χ4v) is 4.88. The molecular weight excluding hydrogens is 425 g/mol. The van der Waals surface area contributed by atoms with E-state index in [2.05, 4.69) is 57.9 Å². The van der Waals surface area contributed by atoms with E-state index in [1.807, 2.05) is 23.1 Å². The summed E-state index contributed by atoms with van der Waals surface area (Å²) in [5, 5.41) is 14.5. The molecule has 0 bridgehead atoms. The zero-order valence-electron chi connectivity index (χ0n) is 21.1. The van der Waals surface area contributed by atoms with Crippen molar-refractivity contribution >= 4 is 34.8 Å². The van der Waals surface area contributed by atoms with Crippen molar-refractivity contribution in [1.29, 1.82) is 0 Å². The SMILES string of the molecule is CCCCC1=NC2(CCCC2)C(=O)N1Cc1ccc(-c2ccccc2-c2nn[nH]n2)cc1.[H-].[H-].[Mg+2]. The molecule has 1 spiro atoms. The Hall–Kier alpha value is -2.58. The number of hydrogen-bond acceptors (Lipinski definition) is 5. The van der Waals surface area contributed by atoms with Gasteiger partial charge in [-0.25, -0.2) is 0 Å². The summed E-state index contributed by atoms with van der Waals surface area (Å²) >= 11 is 0. The predicted octanol–water partition coefficient (Wildman–Crippen LogP) is 4.62. The van der Waals surface area contributed by atoms with Crippen LogP contribution < -0.4 is 0 Å². The van der Waals surface area contributed by atoms with E-state index in [1.165, 1.54) is 0 Å². The third-order valence-electron chi connectivity index (χ3n) is 6.60. The minimum Gasteiger partial charge on any atom is -1.00 e. The second-order valence-corrected chi connectivity index (χ2v) is 8.74. The van der Waals surface area contributed by atoms with E-state index in [9.17, 15) is 4.79 Å². The summed E-state index contributed by atoms with van der Waals surface area (Å²) in [5.74, 6) is 1.75. The van der Waals surface area contributed by atoms with Crippen LogP contribution >= 0.6 is 0 Å². The van der Waals surface area contributed by atoms with Crippen LogP contribution in [0.25, 0.3) is 22.5 Å². The molecule has 5 rings (SSSR count). The molecule has 2 aliphatic rings. The maximum absolute atomic E-state index is 13.4. The van der Waals surface area contributed by atoms with Crippen LogP contribution in [-0.2, 0) is 11.3 Å². The van der Waals surface area contributed by atoms with Crippen LogP contribution in [0.4, 0.5) is 0 Å². The third-order valence-corrected chi connectivity index (χ3v) is 6.60. The summed E-state index contributed by atoms with van der Waals surface area (Å²) in [4.78, 5) is 20.3.